The number of piperidine rings is 1. The molecule has 0 radical (unpaired) electrons. The number of aromatic amines is 1. The number of amides is 3. The van der Waals surface area contributed by atoms with Crippen LogP contribution >= 0.6 is 0 Å². The first-order valence-corrected chi connectivity index (χ1v) is 13.8. The largest absolute Gasteiger partial charge is 0.361 e. The predicted octanol–water partition coefficient (Wildman–Crippen LogP) is 2.72. The fourth-order valence-corrected chi connectivity index (χ4v) is 5.51. The van der Waals surface area contributed by atoms with Crippen LogP contribution in [-0.4, -0.2) is 83.4 Å². The fourth-order valence-electron chi connectivity index (χ4n) is 5.51. The van der Waals surface area contributed by atoms with Gasteiger partial charge in [0.1, 0.15) is 6.04 Å². The van der Waals surface area contributed by atoms with Gasteiger partial charge >= 0.3 is 0 Å². The van der Waals surface area contributed by atoms with Gasteiger partial charge in [0.15, 0.2) is 0 Å². The van der Waals surface area contributed by atoms with E-state index in [1.165, 1.54) is 0 Å². The quantitative estimate of drug-likeness (QED) is 0.357. The van der Waals surface area contributed by atoms with Gasteiger partial charge in [0, 0.05) is 57.8 Å². The Morgan fingerprint density at radius 1 is 1.07 bits per heavy atom. The molecule has 4 rings (SSSR count). The van der Waals surface area contributed by atoms with Crippen molar-refractivity contribution < 1.29 is 14.4 Å². The zero-order valence-corrected chi connectivity index (χ0v) is 24.2. The third-order valence-corrected chi connectivity index (χ3v) is 7.91. The van der Waals surface area contributed by atoms with Crippen LogP contribution in [0.4, 0.5) is 0 Å². The average Bonchev–Trinajstić information content (AvgIpc) is 3.34. The summed E-state index contributed by atoms with van der Waals surface area (Å²) in [7, 11) is 5.43. The van der Waals surface area contributed by atoms with Gasteiger partial charge in [0.05, 0.1) is 11.0 Å². The third kappa shape index (κ3) is 6.37. The number of hydrogen-bond acceptors (Lipinski definition) is 5. The van der Waals surface area contributed by atoms with Gasteiger partial charge in [0.2, 0.25) is 17.7 Å². The van der Waals surface area contributed by atoms with Gasteiger partial charge in [-0.15, -0.1) is 0 Å². The number of hydrogen-bond donors (Lipinski definition) is 3. The fraction of sp³-hybridized carbons (Fsp3) is 0.452. The lowest BCUT2D eigenvalue weighted by Crippen LogP contribution is -2.61. The molecule has 1 fully saturated rings. The van der Waals surface area contributed by atoms with Crippen molar-refractivity contribution in [2.75, 3.05) is 34.2 Å². The Bertz CT molecular complexity index is 1350. The van der Waals surface area contributed by atoms with E-state index in [0.717, 1.165) is 22.0 Å². The molecular weight excluding hydrogens is 504 g/mol. The topological polar surface area (TPSA) is 115 Å². The molecule has 9 heteroatoms. The first-order valence-electron chi connectivity index (χ1n) is 13.8. The summed E-state index contributed by atoms with van der Waals surface area (Å²) in [6.07, 6.45) is 4.05. The first kappa shape index (κ1) is 29.3. The number of benzene rings is 2. The molecule has 1 aliphatic heterocycles. The number of para-hydroxylation sites is 1. The minimum absolute atomic E-state index is 0.0286. The van der Waals surface area contributed by atoms with Gasteiger partial charge in [-0.3, -0.25) is 19.4 Å². The number of hydrazine groups is 1. The summed E-state index contributed by atoms with van der Waals surface area (Å²) in [5, 5.41) is 7.32. The number of nitrogens with two attached hydrogens (primary N) is 1. The molecule has 1 saturated heterocycles. The van der Waals surface area contributed by atoms with E-state index < -0.39 is 22.9 Å². The van der Waals surface area contributed by atoms with Crippen molar-refractivity contribution in [3.8, 4) is 0 Å². The maximum absolute atomic E-state index is 14.2. The Morgan fingerprint density at radius 2 is 1.75 bits per heavy atom. The standard InChI is InChI=1S/C31H42N6O3/c1-30(2,32)28(39)34-26(18-23-20-33-25-15-10-9-14-24(23)25)27(38)37-17-11-16-31(21-37,29(40)36(5)35(3)4)19-22-12-7-6-8-13-22/h6-10,12-15,20,26,33H,11,16-19,21,32H2,1-5H3,(H,34,39)/t26-,31-/m0/s1. The van der Waals surface area contributed by atoms with Gasteiger partial charge in [-0.1, -0.05) is 48.5 Å². The number of nitrogens with zero attached hydrogens (tertiary/aromatic N) is 3. The molecule has 3 amide bonds. The summed E-state index contributed by atoms with van der Waals surface area (Å²) in [5.41, 5.74) is 7.10. The van der Waals surface area contributed by atoms with Crippen molar-refractivity contribution in [3.63, 3.8) is 0 Å². The Kier molecular flexibility index (Phi) is 8.65. The summed E-state index contributed by atoms with van der Waals surface area (Å²) >= 11 is 0. The molecule has 0 bridgehead atoms. The maximum atomic E-state index is 14.2. The van der Waals surface area contributed by atoms with Crippen LogP contribution in [0, 0.1) is 5.41 Å². The lowest BCUT2D eigenvalue weighted by molar-refractivity contribution is -0.159. The molecule has 214 valence electrons. The highest BCUT2D eigenvalue weighted by Gasteiger charge is 2.46. The zero-order chi connectivity index (χ0) is 29.1. The summed E-state index contributed by atoms with van der Waals surface area (Å²) in [5.74, 6) is -0.638. The number of H-pyrrole nitrogens is 1. The predicted molar refractivity (Wildman–Crippen MR) is 157 cm³/mol. The highest BCUT2D eigenvalue weighted by molar-refractivity contribution is 5.93. The minimum atomic E-state index is -1.15. The third-order valence-electron chi connectivity index (χ3n) is 7.91. The van der Waals surface area contributed by atoms with E-state index in [1.807, 2.05) is 74.9 Å². The second kappa shape index (κ2) is 11.8. The second-order valence-electron chi connectivity index (χ2n) is 11.8. The molecule has 40 heavy (non-hydrogen) atoms. The molecule has 0 aliphatic carbocycles. The SMILES string of the molecule is CN(C)N(C)C(=O)[C@]1(Cc2ccccc2)CCCN(C(=O)[C@H](Cc2c[nH]c3ccccc23)NC(=O)C(C)(C)N)C1. The van der Waals surface area contributed by atoms with Crippen LogP contribution in [-0.2, 0) is 27.2 Å². The van der Waals surface area contributed by atoms with Crippen LogP contribution in [0.2, 0.25) is 0 Å². The van der Waals surface area contributed by atoms with Crippen molar-refractivity contribution in [3.05, 3.63) is 71.9 Å². The van der Waals surface area contributed by atoms with Crippen LogP contribution in [0.1, 0.15) is 37.8 Å². The molecule has 1 aliphatic rings. The molecule has 0 spiro atoms. The zero-order valence-electron chi connectivity index (χ0n) is 24.2. The molecule has 0 saturated carbocycles. The van der Waals surface area contributed by atoms with Crippen molar-refractivity contribution in [2.45, 2.75) is 51.1 Å². The highest BCUT2D eigenvalue weighted by atomic mass is 16.2. The summed E-state index contributed by atoms with van der Waals surface area (Å²) < 4.78 is 0. The van der Waals surface area contributed by atoms with Gasteiger partial charge in [-0.2, -0.15) is 0 Å². The summed E-state index contributed by atoms with van der Waals surface area (Å²) in [6, 6.07) is 17.0. The lowest BCUT2D eigenvalue weighted by atomic mass is 9.74. The molecule has 3 aromatic rings. The Balaban J connectivity index is 1.66. The van der Waals surface area contributed by atoms with E-state index in [1.54, 1.807) is 35.8 Å². The Hall–Kier alpha value is -3.69. The molecule has 4 N–H and O–H groups in total. The number of rotatable bonds is 9. The number of aromatic nitrogens is 1. The summed E-state index contributed by atoms with van der Waals surface area (Å²) in [6.45, 7) is 4.03. The van der Waals surface area contributed by atoms with Crippen LogP contribution in [0.15, 0.2) is 60.8 Å². The molecular formula is C31H42N6O3. The maximum Gasteiger partial charge on any atom is 0.245 e. The molecule has 2 atom stereocenters. The Morgan fingerprint density at radius 3 is 2.42 bits per heavy atom. The minimum Gasteiger partial charge on any atom is -0.361 e. The molecule has 0 unspecified atom stereocenters. The van der Waals surface area contributed by atoms with E-state index >= 15 is 0 Å². The smallest absolute Gasteiger partial charge is 0.245 e. The van der Waals surface area contributed by atoms with Crippen LogP contribution in [0.3, 0.4) is 0 Å². The molecule has 1 aromatic heterocycles. The van der Waals surface area contributed by atoms with Gasteiger partial charge in [0.25, 0.3) is 0 Å². The molecule has 2 heterocycles. The van der Waals surface area contributed by atoms with Crippen molar-refractivity contribution in [2.24, 2.45) is 11.1 Å². The van der Waals surface area contributed by atoms with Crippen molar-refractivity contribution >= 4 is 28.6 Å². The van der Waals surface area contributed by atoms with E-state index in [4.69, 9.17) is 5.73 Å². The van der Waals surface area contributed by atoms with Crippen molar-refractivity contribution in [1.82, 2.24) is 25.2 Å². The van der Waals surface area contributed by atoms with E-state index in [-0.39, 0.29) is 18.4 Å². The monoisotopic (exact) mass is 546 g/mol. The second-order valence-corrected chi connectivity index (χ2v) is 11.8. The lowest BCUT2D eigenvalue weighted by Gasteiger charge is -2.45. The number of fused-ring (bicyclic) bond motifs is 1. The molecule has 9 nitrogen and oxygen atoms in total. The van der Waals surface area contributed by atoms with Crippen LogP contribution < -0.4 is 11.1 Å². The van der Waals surface area contributed by atoms with Crippen LogP contribution in [0.25, 0.3) is 10.9 Å². The van der Waals surface area contributed by atoms with E-state index in [0.29, 0.717) is 32.2 Å². The van der Waals surface area contributed by atoms with Gasteiger partial charge in [-0.05, 0) is 50.3 Å². The first-order chi connectivity index (χ1) is 18.9. The number of likely N-dealkylation sites (tertiary alicyclic amines) is 1. The normalized spacial score (nSPS) is 18.5. The van der Waals surface area contributed by atoms with Gasteiger partial charge in [-0.25, -0.2) is 5.01 Å². The summed E-state index contributed by atoms with van der Waals surface area (Å²) in [4.78, 5) is 46.2. The van der Waals surface area contributed by atoms with Gasteiger partial charge < -0.3 is 20.9 Å². The number of carbonyl (C=O) groups excluding carboxylic acids is 3. The Labute approximate surface area is 236 Å². The average molecular weight is 547 g/mol. The number of carbonyl (C=O) groups is 3. The molecule has 2 aromatic carbocycles. The van der Waals surface area contributed by atoms with E-state index in [2.05, 4.69) is 10.3 Å². The number of nitrogens with one attached hydrogen (secondary N) is 2. The van der Waals surface area contributed by atoms with Crippen LogP contribution in [0.5, 0.6) is 0 Å². The highest BCUT2D eigenvalue weighted by Crippen LogP contribution is 2.36. The van der Waals surface area contributed by atoms with Crippen molar-refractivity contribution in [1.29, 1.82) is 0 Å². The van der Waals surface area contributed by atoms with E-state index in [9.17, 15) is 14.4 Å².